The van der Waals surface area contributed by atoms with Crippen LogP contribution in [0.4, 0.5) is 0 Å². The summed E-state index contributed by atoms with van der Waals surface area (Å²) in [4.78, 5) is 2.78. The predicted octanol–water partition coefficient (Wildman–Crippen LogP) is 4.58. The average molecular weight is 296 g/mol. The van der Waals surface area contributed by atoms with Gasteiger partial charge in [-0.25, -0.2) is 0 Å². The lowest BCUT2D eigenvalue weighted by Gasteiger charge is -2.38. The van der Waals surface area contributed by atoms with Gasteiger partial charge >= 0.3 is 0 Å². The molecule has 3 heteroatoms. The van der Waals surface area contributed by atoms with Crippen LogP contribution in [-0.2, 0) is 0 Å². The summed E-state index contributed by atoms with van der Waals surface area (Å²) in [5.74, 6) is 2.31. The molecule has 0 N–H and O–H groups in total. The van der Waals surface area contributed by atoms with Crippen LogP contribution in [0, 0.1) is 11.8 Å². The molecule has 3 aliphatic heterocycles. The molecule has 0 saturated carbocycles. The summed E-state index contributed by atoms with van der Waals surface area (Å²) in [5.41, 5.74) is 1.41. The van der Waals surface area contributed by atoms with Crippen LogP contribution in [0.1, 0.15) is 37.7 Å². The fourth-order valence-corrected chi connectivity index (χ4v) is 5.27. The van der Waals surface area contributed by atoms with Crippen molar-refractivity contribution in [3.8, 4) is 0 Å². The quantitative estimate of drug-likeness (QED) is 0.733. The Morgan fingerprint density at radius 3 is 2.79 bits per heavy atom. The fourth-order valence-electron chi connectivity index (χ4n) is 4.97. The van der Waals surface area contributed by atoms with Crippen molar-refractivity contribution in [1.29, 1.82) is 0 Å². The van der Waals surface area contributed by atoms with E-state index >= 15 is 0 Å². The first-order valence-electron chi connectivity index (χ1n) is 7.36. The molecule has 4 bridgehead atoms. The highest BCUT2D eigenvalue weighted by atomic mass is 35.5. The van der Waals surface area contributed by atoms with Crippen molar-refractivity contribution in [3.63, 3.8) is 0 Å². The molecule has 0 aromatic heterocycles. The first kappa shape index (κ1) is 12.5. The Hall–Kier alpha value is -0.240. The second-order valence-electron chi connectivity index (χ2n) is 6.57. The Kier molecular flexibility index (Phi) is 2.88. The van der Waals surface area contributed by atoms with E-state index in [1.54, 1.807) is 0 Å². The normalized spacial score (nSPS) is 43.7. The van der Waals surface area contributed by atoms with Crippen molar-refractivity contribution >= 4 is 23.2 Å². The molecule has 0 spiro atoms. The maximum atomic E-state index is 6.22. The van der Waals surface area contributed by atoms with E-state index in [0.29, 0.717) is 16.0 Å². The van der Waals surface area contributed by atoms with Gasteiger partial charge in [0, 0.05) is 18.6 Å². The van der Waals surface area contributed by atoms with Gasteiger partial charge in [-0.2, -0.15) is 0 Å². The van der Waals surface area contributed by atoms with E-state index in [0.717, 1.165) is 23.9 Å². The molecule has 19 heavy (non-hydrogen) atoms. The van der Waals surface area contributed by atoms with Gasteiger partial charge in [0.1, 0.15) is 0 Å². The van der Waals surface area contributed by atoms with Crippen LogP contribution in [0.5, 0.6) is 0 Å². The zero-order chi connectivity index (χ0) is 13.1. The largest absolute Gasteiger partial charge is 0.297 e. The predicted molar refractivity (Wildman–Crippen MR) is 80.0 cm³/mol. The molecule has 1 aromatic rings. The summed E-state index contributed by atoms with van der Waals surface area (Å²) in [6.07, 6.45) is 4.10. The minimum atomic E-state index is 0.672. The first-order valence-corrected chi connectivity index (χ1v) is 8.11. The lowest BCUT2D eigenvalue weighted by Crippen LogP contribution is -2.40. The highest BCUT2D eigenvalue weighted by molar-refractivity contribution is 6.42. The Morgan fingerprint density at radius 1 is 1.16 bits per heavy atom. The summed E-state index contributed by atoms with van der Waals surface area (Å²) in [5, 5.41) is 1.38. The molecule has 2 unspecified atom stereocenters. The topological polar surface area (TPSA) is 3.24 Å². The van der Waals surface area contributed by atoms with Gasteiger partial charge < -0.3 is 0 Å². The van der Waals surface area contributed by atoms with Gasteiger partial charge in [0.15, 0.2) is 0 Å². The summed E-state index contributed by atoms with van der Waals surface area (Å²) >= 11 is 12.3. The minimum Gasteiger partial charge on any atom is -0.297 e. The zero-order valence-electron chi connectivity index (χ0n) is 11.2. The summed E-state index contributed by atoms with van der Waals surface area (Å²) in [6, 6.07) is 7.90. The second-order valence-corrected chi connectivity index (χ2v) is 7.38. The molecule has 0 amide bonds. The van der Waals surface area contributed by atoms with Crippen molar-refractivity contribution in [2.45, 2.75) is 44.2 Å². The number of hydrogen-bond acceptors (Lipinski definition) is 1. The van der Waals surface area contributed by atoms with Crippen molar-refractivity contribution in [1.82, 2.24) is 4.90 Å². The number of nitrogens with zero attached hydrogens (tertiary/aromatic N) is 1. The van der Waals surface area contributed by atoms with E-state index < -0.39 is 0 Å². The van der Waals surface area contributed by atoms with Crippen LogP contribution >= 0.6 is 23.2 Å². The van der Waals surface area contributed by atoms with Gasteiger partial charge in [0.2, 0.25) is 0 Å². The molecule has 3 aliphatic rings. The zero-order valence-corrected chi connectivity index (χ0v) is 12.7. The standard InChI is InChI=1S/C16H19Cl2N/c1-9-8-19-11-3-5-15(19)16(9)12(7-11)10-2-4-13(17)14(18)6-10/h2,4,6,9,11-12,15-16H,3,5,7-8H2,1H3/t9?,11-,12+,15+,16+/m0/s1. The van der Waals surface area contributed by atoms with Crippen LogP contribution in [0.3, 0.4) is 0 Å². The van der Waals surface area contributed by atoms with E-state index in [2.05, 4.69) is 24.0 Å². The maximum Gasteiger partial charge on any atom is 0.0595 e. The third-order valence-corrected chi connectivity index (χ3v) is 6.39. The number of halogens is 2. The van der Waals surface area contributed by atoms with E-state index in [-0.39, 0.29) is 0 Å². The number of hydrogen-bond donors (Lipinski definition) is 0. The van der Waals surface area contributed by atoms with Gasteiger partial charge in [-0.1, -0.05) is 36.2 Å². The summed E-state index contributed by atoms with van der Waals surface area (Å²) in [6.45, 7) is 3.73. The fraction of sp³-hybridized carbons (Fsp3) is 0.625. The molecule has 3 saturated heterocycles. The van der Waals surface area contributed by atoms with Crippen LogP contribution in [-0.4, -0.2) is 23.5 Å². The van der Waals surface area contributed by atoms with Gasteiger partial charge in [0.25, 0.3) is 0 Å². The molecule has 0 aliphatic carbocycles. The van der Waals surface area contributed by atoms with E-state index in [1.165, 1.54) is 31.4 Å². The third-order valence-electron chi connectivity index (χ3n) is 5.65. The monoisotopic (exact) mass is 295 g/mol. The Labute approximate surface area is 124 Å². The SMILES string of the molecule is CC1CN2[C@H]3CC[C@@H]2[C@H]1[C@@H](c1ccc(Cl)c(Cl)c1)C3. The molecule has 0 radical (unpaired) electrons. The molecular weight excluding hydrogens is 277 g/mol. The smallest absolute Gasteiger partial charge is 0.0595 e. The van der Waals surface area contributed by atoms with E-state index in [4.69, 9.17) is 23.2 Å². The number of rotatable bonds is 1. The maximum absolute atomic E-state index is 6.22. The van der Waals surface area contributed by atoms with Gasteiger partial charge in [-0.3, -0.25) is 4.90 Å². The van der Waals surface area contributed by atoms with Crippen LogP contribution in [0.25, 0.3) is 0 Å². The van der Waals surface area contributed by atoms with Crippen LogP contribution in [0.2, 0.25) is 10.0 Å². The van der Waals surface area contributed by atoms with Crippen molar-refractivity contribution in [2.24, 2.45) is 11.8 Å². The second kappa shape index (κ2) is 4.38. The first-order chi connectivity index (χ1) is 9.15. The lowest BCUT2D eigenvalue weighted by atomic mass is 9.74. The van der Waals surface area contributed by atoms with Crippen molar-refractivity contribution in [2.75, 3.05) is 6.54 Å². The highest BCUT2D eigenvalue weighted by Gasteiger charge is 2.54. The summed E-state index contributed by atoms with van der Waals surface area (Å²) in [7, 11) is 0. The Bertz CT molecular complexity index is 515. The van der Waals surface area contributed by atoms with Gasteiger partial charge in [0.05, 0.1) is 10.0 Å². The Morgan fingerprint density at radius 2 is 2.00 bits per heavy atom. The van der Waals surface area contributed by atoms with E-state index in [9.17, 15) is 0 Å². The molecule has 6 atom stereocenters. The molecular formula is C16H19Cl2N. The van der Waals surface area contributed by atoms with E-state index in [1.807, 2.05) is 6.07 Å². The molecule has 1 nitrogen and oxygen atoms in total. The lowest BCUT2D eigenvalue weighted by molar-refractivity contribution is 0.150. The van der Waals surface area contributed by atoms with Gasteiger partial charge in [-0.05, 0) is 54.7 Å². The molecule has 4 rings (SSSR count). The van der Waals surface area contributed by atoms with Crippen molar-refractivity contribution in [3.05, 3.63) is 33.8 Å². The molecule has 3 fully saturated rings. The molecule has 1 aromatic carbocycles. The molecule has 3 heterocycles. The Balaban J connectivity index is 1.73. The van der Waals surface area contributed by atoms with Gasteiger partial charge in [-0.15, -0.1) is 0 Å². The third kappa shape index (κ3) is 1.78. The number of benzene rings is 1. The number of piperidine rings is 1. The minimum absolute atomic E-state index is 0.672. The van der Waals surface area contributed by atoms with Crippen LogP contribution < -0.4 is 0 Å². The highest BCUT2D eigenvalue weighted by Crippen LogP contribution is 2.54. The average Bonchev–Trinajstić information content (AvgIpc) is 2.78. The summed E-state index contributed by atoms with van der Waals surface area (Å²) < 4.78 is 0. The van der Waals surface area contributed by atoms with Crippen molar-refractivity contribution < 1.29 is 0 Å². The van der Waals surface area contributed by atoms with Crippen LogP contribution in [0.15, 0.2) is 18.2 Å². The molecule has 102 valence electrons.